The maximum atomic E-state index is 11.4. The number of piperidine rings is 1. The number of methoxy groups -OCH3 is 2. The second kappa shape index (κ2) is 11.8. The van der Waals surface area contributed by atoms with E-state index in [4.69, 9.17) is 14.2 Å². The van der Waals surface area contributed by atoms with Gasteiger partial charge in [0, 0.05) is 30.4 Å². The van der Waals surface area contributed by atoms with Gasteiger partial charge in [-0.15, -0.1) is 0 Å². The van der Waals surface area contributed by atoms with Gasteiger partial charge in [-0.1, -0.05) is 24.3 Å². The summed E-state index contributed by atoms with van der Waals surface area (Å²) in [5, 5.41) is 9.35. The van der Waals surface area contributed by atoms with Gasteiger partial charge in [-0.3, -0.25) is 4.79 Å². The third-order valence-corrected chi connectivity index (χ3v) is 7.92. The van der Waals surface area contributed by atoms with E-state index in [1.165, 1.54) is 11.3 Å². The predicted molar refractivity (Wildman–Crippen MR) is 150 cm³/mol. The van der Waals surface area contributed by atoms with Gasteiger partial charge in [0.1, 0.15) is 17.2 Å². The first-order chi connectivity index (χ1) is 18.5. The van der Waals surface area contributed by atoms with Crippen molar-refractivity contribution in [3.63, 3.8) is 0 Å². The van der Waals surface area contributed by atoms with Gasteiger partial charge in [0.2, 0.25) is 0 Å². The van der Waals surface area contributed by atoms with Crippen molar-refractivity contribution in [1.82, 2.24) is 0 Å². The molecule has 0 aromatic heterocycles. The van der Waals surface area contributed by atoms with Crippen molar-refractivity contribution in [3.05, 3.63) is 72.3 Å². The molecule has 0 unspecified atom stereocenters. The monoisotopic (exact) mass is 515 g/mol. The Labute approximate surface area is 225 Å². The molecule has 6 heteroatoms. The fraction of sp³-hybridized carbons (Fsp3) is 0.406. The van der Waals surface area contributed by atoms with Crippen molar-refractivity contribution < 1.29 is 24.1 Å². The molecule has 2 aliphatic rings. The highest BCUT2D eigenvalue weighted by atomic mass is 16.5. The minimum Gasteiger partial charge on any atom is -0.497 e. The number of rotatable bonds is 11. The van der Waals surface area contributed by atoms with Crippen LogP contribution in [0.25, 0.3) is 11.1 Å². The SMILES string of the molecule is COc1ccc(-c2ccc(OC)cc2N2CCC(COc3cccc([C@@H](CC(=O)O)C4CC4)c3)CC2)cc1. The minimum atomic E-state index is -0.730. The topological polar surface area (TPSA) is 68.2 Å². The Balaban J connectivity index is 1.22. The van der Waals surface area contributed by atoms with Crippen LogP contribution in [0.2, 0.25) is 0 Å². The zero-order chi connectivity index (χ0) is 26.5. The number of carbonyl (C=O) groups is 1. The van der Waals surface area contributed by atoms with Gasteiger partial charge in [-0.25, -0.2) is 0 Å². The standard InChI is InChI=1S/C32H37NO5/c1-36-26-10-8-23(9-11-26)29-13-12-27(37-2)19-31(29)33-16-14-22(15-17-33)21-38-28-5-3-4-25(18-28)30(20-32(34)35)24-6-7-24/h3-5,8-13,18-19,22,24,30H,6-7,14-17,20-21H2,1-2H3,(H,34,35)/t30-/m0/s1. The molecule has 1 N–H and O–H groups in total. The van der Waals surface area contributed by atoms with E-state index >= 15 is 0 Å². The third kappa shape index (κ3) is 6.24. The molecular weight excluding hydrogens is 478 g/mol. The molecule has 0 bridgehead atoms. The van der Waals surface area contributed by atoms with E-state index in [-0.39, 0.29) is 12.3 Å². The number of anilines is 1. The third-order valence-electron chi connectivity index (χ3n) is 7.92. The van der Waals surface area contributed by atoms with Crippen LogP contribution in [0.3, 0.4) is 0 Å². The van der Waals surface area contributed by atoms with Crippen molar-refractivity contribution in [3.8, 4) is 28.4 Å². The molecule has 1 saturated heterocycles. The molecule has 3 aromatic rings. The zero-order valence-corrected chi connectivity index (χ0v) is 22.3. The Morgan fingerprint density at radius 1 is 0.895 bits per heavy atom. The largest absolute Gasteiger partial charge is 0.497 e. The second-order valence-corrected chi connectivity index (χ2v) is 10.5. The number of ether oxygens (including phenoxy) is 3. The number of hydrogen-bond donors (Lipinski definition) is 1. The average Bonchev–Trinajstić information content (AvgIpc) is 3.80. The molecule has 1 heterocycles. The van der Waals surface area contributed by atoms with Crippen molar-refractivity contribution in [2.24, 2.45) is 11.8 Å². The van der Waals surface area contributed by atoms with Crippen LogP contribution in [0.4, 0.5) is 5.69 Å². The predicted octanol–water partition coefficient (Wildman–Crippen LogP) is 6.63. The minimum absolute atomic E-state index is 0.0852. The molecule has 6 nitrogen and oxygen atoms in total. The van der Waals surface area contributed by atoms with Crippen LogP contribution in [-0.4, -0.2) is 45.0 Å². The Hall–Kier alpha value is -3.67. The van der Waals surface area contributed by atoms with E-state index in [1.54, 1.807) is 14.2 Å². The molecule has 0 amide bonds. The normalized spacial score (nSPS) is 16.6. The molecule has 38 heavy (non-hydrogen) atoms. The smallest absolute Gasteiger partial charge is 0.303 e. The first-order valence-electron chi connectivity index (χ1n) is 13.6. The van der Waals surface area contributed by atoms with Gasteiger partial charge in [0.05, 0.1) is 27.2 Å². The number of nitrogens with zero attached hydrogens (tertiary/aromatic N) is 1. The summed E-state index contributed by atoms with van der Waals surface area (Å²) in [5.74, 6) is 2.87. The van der Waals surface area contributed by atoms with Crippen LogP contribution in [0.15, 0.2) is 66.7 Å². The van der Waals surface area contributed by atoms with Crippen molar-refractivity contribution in [1.29, 1.82) is 0 Å². The summed E-state index contributed by atoms with van der Waals surface area (Å²) in [7, 11) is 3.39. The quantitative estimate of drug-likeness (QED) is 0.309. The highest BCUT2D eigenvalue weighted by Gasteiger charge is 2.34. The van der Waals surface area contributed by atoms with E-state index in [9.17, 15) is 9.90 Å². The number of benzene rings is 3. The lowest BCUT2D eigenvalue weighted by atomic mass is 9.91. The molecule has 2 fully saturated rings. The summed E-state index contributed by atoms with van der Waals surface area (Å²) >= 11 is 0. The van der Waals surface area contributed by atoms with Gasteiger partial charge in [-0.2, -0.15) is 0 Å². The number of carboxylic acid groups (broad SMARTS) is 1. The molecule has 1 aliphatic carbocycles. The Kier molecular flexibility index (Phi) is 8.06. The van der Waals surface area contributed by atoms with Gasteiger partial charge in [-0.05, 0) is 91.0 Å². The molecule has 0 radical (unpaired) electrons. The molecule has 0 spiro atoms. The Morgan fingerprint density at radius 2 is 1.61 bits per heavy atom. The molecule has 3 aromatic carbocycles. The van der Waals surface area contributed by atoms with Crippen LogP contribution in [0.5, 0.6) is 17.2 Å². The molecular formula is C32H37NO5. The van der Waals surface area contributed by atoms with Gasteiger partial charge in [0.15, 0.2) is 0 Å². The number of carboxylic acids is 1. The zero-order valence-electron chi connectivity index (χ0n) is 22.3. The van der Waals surface area contributed by atoms with Crippen LogP contribution in [0, 0.1) is 11.8 Å². The summed E-state index contributed by atoms with van der Waals surface area (Å²) in [6.45, 7) is 2.58. The molecule has 5 rings (SSSR count). The maximum absolute atomic E-state index is 11.4. The summed E-state index contributed by atoms with van der Waals surface area (Å²) in [5.41, 5.74) is 4.62. The van der Waals surface area contributed by atoms with E-state index in [0.29, 0.717) is 18.4 Å². The number of aliphatic carboxylic acids is 1. The highest BCUT2D eigenvalue weighted by molar-refractivity contribution is 5.80. The summed E-state index contributed by atoms with van der Waals surface area (Å²) < 4.78 is 17.1. The number of hydrogen-bond acceptors (Lipinski definition) is 5. The summed E-state index contributed by atoms with van der Waals surface area (Å²) in [4.78, 5) is 13.8. The first kappa shape index (κ1) is 26.0. The van der Waals surface area contributed by atoms with Crippen molar-refractivity contribution >= 4 is 11.7 Å². The lowest BCUT2D eigenvalue weighted by molar-refractivity contribution is -0.137. The molecule has 1 atom stereocenters. The lowest BCUT2D eigenvalue weighted by Gasteiger charge is -2.35. The maximum Gasteiger partial charge on any atom is 0.303 e. The van der Waals surface area contributed by atoms with Gasteiger partial charge < -0.3 is 24.2 Å². The Morgan fingerprint density at radius 3 is 2.26 bits per heavy atom. The van der Waals surface area contributed by atoms with E-state index < -0.39 is 5.97 Å². The molecule has 1 saturated carbocycles. The summed E-state index contributed by atoms with van der Waals surface area (Å²) in [6.07, 6.45) is 4.52. The first-order valence-corrected chi connectivity index (χ1v) is 13.6. The molecule has 1 aliphatic heterocycles. The van der Waals surface area contributed by atoms with Crippen molar-refractivity contribution in [2.45, 2.75) is 38.0 Å². The molecule has 200 valence electrons. The van der Waals surface area contributed by atoms with Crippen molar-refractivity contribution in [2.75, 3.05) is 38.8 Å². The van der Waals surface area contributed by atoms with E-state index in [2.05, 4.69) is 35.2 Å². The Bertz CT molecular complexity index is 1230. The lowest BCUT2D eigenvalue weighted by Crippen LogP contribution is -2.35. The van der Waals surface area contributed by atoms with E-state index in [0.717, 1.165) is 67.1 Å². The van der Waals surface area contributed by atoms with Crippen LogP contribution in [-0.2, 0) is 4.79 Å². The highest BCUT2D eigenvalue weighted by Crippen LogP contribution is 2.45. The van der Waals surface area contributed by atoms with Crippen LogP contribution in [0.1, 0.15) is 43.6 Å². The summed E-state index contributed by atoms with van der Waals surface area (Å²) in [6, 6.07) is 22.6. The van der Waals surface area contributed by atoms with Crippen LogP contribution >= 0.6 is 0 Å². The van der Waals surface area contributed by atoms with Crippen LogP contribution < -0.4 is 19.1 Å². The van der Waals surface area contributed by atoms with Gasteiger partial charge in [0.25, 0.3) is 0 Å². The van der Waals surface area contributed by atoms with E-state index in [1.807, 2.05) is 36.4 Å². The van der Waals surface area contributed by atoms with Gasteiger partial charge >= 0.3 is 5.97 Å². The second-order valence-electron chi connectivity index (χ2n) is 10.5. The average molecular weight is 516 g/mol. The fourth-order valence-corrected chi connectivity index (χ4v) is 5.55. The fourth-order valence-electron chi connectivity index (χ4n) is 5.55.